The number of benzene rings is 1. The van der Waals surface area contributed by atoms with Gasteiger partial charge in [0.1, 0.15) is 12.2 Å². The maximum absolute atomic E-state index is 12.7. The third-order valence-corrected chi connectivity index (χ3v) is 5.10. The Morgan fingerprint density at radius 3 is 2.19 bits per heavy atom. The highest BCUT2D eigenvalue weighted by Gasteiger charge is 2.79. The minimum atomic E-state index is -1.31. The summed E-state index contributed by atoms with van der Waals surface area (Å²) in [6.45, 7) is 5.98. The number of likely N-dealkylation sites (tertiary alicyclic amines) is 1. The molecule has 1 heterocycles. The van der Waals surface area contributed by atoms with Gasteiger partial charge in [-0.15, -0.1) is 0 Å². The van der Waals surface area contributed by atoms with Crippen molar-refractivity contribution in [3.05, 3.63) is 35.9 Å². The molecule has 1 amide bonds. The Hall–Kier alpha value is -2.57. The lowest BCUT2D eigenvalue weighted by Gasteiger charge is -2.27. The zero-order valence-electron chi connectivity index (χ0n) is 16.1. The topological polar surface area (TPSA) is 82.1 Å². The predicted octanol–water partition coefficient (Wildman–Crippen LogP) is 2.39. The van der Waals surface area contributed by atoms with Crippen molar-refractivity contribution < 1.29 is 28.6 Å². The van der Waals surface area contributed by atoms with E-state index in [-0.39, 0.29) is 31.5 Å². The smallest absolute Gasteiger partial charge is 0.410 e. The van der Waals surface area contributed by atoms with Gasteiger partial charge in [-0.3, -0.25) is 9.59 Å². The number of nitrogens with zero attached hydrogens (tertiary/aromatic N) is 1. The molecule has 0 N–H and O–H groups in total. The van der Waals surface area contributed by atoms with E-state index in [1.807, 2.05) is 30.3 Å². The molecule has 2 unspecified atom stereocenters. The minimum Gasteiger partial charge on any atom is -0.468 e. The molecule has 1 saturated heterocycles. The number of methoxy groups -OCH3 is 1. The molecule has 0 spiro atoms. The molecule has 0 radical (unpaired) electrons. The molecule has 2 atom stereocenters. The van der Waals surface area contributed by atoms with Gasteiger partial charge in [-0.1, -0.05) is 30.3 Å². The monoisotopic (exact) mass is 375 g/mol. The normalized spacial score (nSPS) is 26.1. The summed E-state index contributed by atoms with van der Waals surface area (Å²) in [5.74, 6) is -1.77. The first-order valence-corrected chi connectivity index (χ1v) is 8.97. The van der Waals surface area contributed by atoms with Crippen LogP contribution in [0.3, 0.4) is 0 Å². The fourth-order valence-corrected chi connectivity index (χ4v) is 3.81. The lowest BCUT2D eigenvalue weighted by Crippen LogP contribution is -2.43. The number of ether oxygens (including phenoxy) is 3. The summed E-state index contributed by atoms with van der Waals surface area (Å²) in [5.41, 5.74) is -1.12. The fourth-order valence-electron chi connectivity index (χ4n) is 3.81. The minimum absolute atomic E-state index is 0.180. The molecule has 27 heavy (non-hydrogen) atoms. The molecule has 1 aromatic carbocycles. The van der Waals surface area contributed by atoms with Gasteiger partial charge in [0.05, 0.1) is 7.11 Å². The maximum atomic E-state index is 12.7. The van der Waals surface area contributed by atoms with Gasteiger partial charge >= 0.3 is 18.0 Å². The second-order valence-corrected chi connectivity index (χ2v) is 8.02. The van der Waals surface area contributed by atoms with E-state index in [9.17, 15) is 14.4 Å². The SMILES string of the molecule is COC(=O)C1(C(=O)OC(C)(C)C)C2CN(C(=O)OCc3ccccc3)CC21. The third kappa shape index (κ3) is 3.50. The highest BCUT2D eigenvalue weighted by Crippen LogP contribution is 2.64. The summed E-state index contributed by atoms with van der Waals surface area (Å²) in [6.07, 6.45) is -0.450. The van der Waals surface area contributed by atoms with E-state index in [2.05, 4.69) is 0 Å². The van der Waals surface area contributed by atoms with Crippen molar-refractivity contribution in [3.63, 3.8) is 0 Å². The van der Waals surface area contributed by atoms with Crippen LogP contribution < -0.4 is 0 Å². The summed E-state index contributed by atoms with van der Waals surface area (Å²) in [6, 6.07) is 9.39. The number of esters is 2. The van der Waals surface area contributed by atoms with Crippen LogP contribution in [-0.2, 0) is 30.4 Å². The Labute approximate surface area is 158 Å². The van der Waals surface area contributed by atoms with Gasteiger partial charge in [0.15, 0.2) is 5.41 Å². The number of amides is 1. The molecule has 146 valence electrons. The first kappa shape index (κ1) is 19.2. The molecule has 2 fully saturated rings. The van der Waals surface area contributed by atoms with Crippen LogP contribution in [0.1, 0.15) is 26.3 Å². The van der Waals surface area contributed by atoms with Crippen LogP contribution in [0.15, 0.2) is 30.3 Å². The van der Waals surface area contributed by atoms with E-state index < -0.39 is 29.0 Å². The molecule has 0 bridgehead atoms. The van der Waals surface area contributed by atoms with E-state index >= 15 is 0 Å². The van der Waals surface area contributed by atoms with Crippen molar-refractivity contribution in [1.29, 1.82) is 0 Å². The van der Waals surface area contributed by atoms with Gasteiger partial charge in [0.2, 0.25) is 0 Å². The van der Waals surface area contributed by atoms with E-state index in [0.29, 0.717) is 0 Å². The Morgan fingerprint density at radius 2 is 1.67 bits per heavy atom. The first-order chi connectivity index (χ1) is 12.7. The van der Waals surface area contributed by atoms with Crippen LogP contribution in [0.25, 0.3) is 0 Å². The van der Waals surface area contributed by atoms with Crippen LogP contribution in [0.4, 0.5) is 4.79 Å². The molecule has 2 aliphatic rings. The van der Waals surface area contributed by atoms with Crippen LogP contribution in [0.5, 0.6) is 0 Å². The molecule has 3 rings (SSSR count). The van der Waals surface area contributed by atoms with E-state index in [0.717, 1.165) is 5.56 Å². The number of fused-ring (bicyclic) bond motifs is 1. The van der Waals surface area contributed by atoms with Crippen molar-refractivity contribution in [3.8, 4) is 0 Å². The van der Waals surface area contributed by atoms with Crippen molar-refractivity contribution >= 4 is 18.0 Å². The van der Waals surface area contributed by atoms with Crippen molar-refractivity contribution in [2.75, 3.05) is 20.2 Å². The maximum Gasteiger partial charge on any atom is 0.410 e. The average Bonchev–Trinajstić information content (AvgIpc) is 3.02. The molecule has 7 heteroatoms. The first-order valence-electron chi connectivity index (χ1n) is 8.97. The number of hydrogen-bond donors (Lipinski definition) is 0. The highest BCUT2D eigenvalue weighted by atomic mass is 16.6. The Balaban J connectivity index is 1.62. The van der Waals surface area contributed by atoms with Gasteiger partial charge in [0.25, 0.3) is 0 Å². The molecule has 0 aromatic heterocycles. The van der Waals surface area contributed by atoms with Gasteiger partial charge in [-0.25, -0.2) is 4.79 Å². The lowest BCUT2D eigenvalue weighted by molar-refractivity contribution is -0.173. The van der Waals surface area contributed by atoms with Gasteiger partial charge in [0, 0.05) is 24.9 Å². The predicted molar refractivity (Wildman–Crippen MR) is 95.5 cm³/mol. The highest BCUT2D eigenvalue weighted by molar-refractivity contribution is 6.05. The van der Waals surface area contributed by atoms with Crippen LogP contribution >= 0.6 is 0 Å². The molecule has 7 nitrogen and oxygen atoms in total. The Morgan fingerprint density at radius 1 is 1.07 bits per heavy atom. The van der Waals surface area contributed by atoms with Crippen LogP contribution in [0, 0.1) is 17.3 Å². The third-order valence-electron chi connectivity index (χ3n) is 5.10. The Bertz CT molecular complexity index is 727. The van der Waals surface area contributed by atoms with Gasteiger partial charge < -0.3 is 19.1 Å². The van der Waals surface area contributed by atoms with Crippen LogP contribution in [-0.4, -0.2) is 48.7 Å². The number of hydrogen-bond acceptors (Lipinski definition) is 6. The summed E-state index contributed by atoms with van der Waals surface area (Å²) in [7, 11) is 1.26. The summed E-state index contributed by atoms with van der Waals surface area (Å²) >= 11 is 0. The van der Waals surface area contributed by atoms with E-state index in [4.69, 9.17) is 14.2 Å². The number of carbonyl (C=O) groups excluding carboxylic acids is 3. The number of carbonyl (C=O) groups is 3. The molecular weight excluding hydrogens is 350 g/mol. The quantitative estimate of drug-likeness (QED) is 0.457. The largest absolute Gasteiger partial charge is 0.468 e. The van der Waals surface area contributed by atoms with Gasteiger partial charge in [-0.2, -0.15) is 0 Å². The molecule has 1 saturated carbocycles. The van der Waals surface area contributed by atoms with Crippen molar-refractivity contribution in [1.82, 2.24) is 4.90 Å². The van der Waals surface area contributed by atoms with Crippen molar-refractivity contribution in [2.24, 2.45) is 17.3 Å². The summed E-state index contributed by atoms with van der Waals surface area (Å²) in [5, 5.41) is 0. The summed E-state index contributed by atoms with van der Waals surface area (Å²) < 4.78 is 15.7. The zero-order chi connectivity index (χ0) is 19.8. The fraction of sp³-hybridized carbons (Fsp3) is 0.550. The average molecular weight is 375 g/mol. The lowest BCUT2D eigenvalue weighted by atomic mass is 9.99. The van der Waals surface area contributed by atoms with Gasteiger partial charge in [-0.05, 0) is 26.3 Å². The Kier molecular flexibility index (Phi) is 4.88. The molecule has 1 aliphatic heterocycles. The second-order valence-electron chi connectivity index (χ2n) is 8.02. The van der Waals surface area contributed by atoms with E-state index in [1.165, 1.54) is 12.0 Å². The number of rotatable bonds is 4. The second kappa shape index (κ2) is 6.87. The number of piperidine rings is 1. The molecular formula is C20H25NO6. The van der Waals surface area contributed by atoms with E-state index in [1.54, 1.807) is 20.8 Å². The van der Waals surface area contributed by atoms with Crippen LogP contribution in [0.2, 0.25) is 0 Å². The zero-order valence-corrected chi connectivity index (χ0v) is 16.1. The molecule has 1 aliphatic carbocycles. The van der Waals surface area contributed by atoms with Crippen molar-refractivity contribution in [2.45, 2.75) is 33.0 Å². The standard InChI is InChI=1S/C20H25NO6/c1-19(2,3)27-17(23)20(16(22)25-4)14-10-21(11-15(14)20)18(24)26-12-13-8-6-5-7-9-13/h5-9,14-15H,10-12H2,1-4H3. The molecule has 1 aromatic rings. The summed E-state index contributed by atoms with van der Waals surface area (Å²) in [4.78, 5) is 38.9.